The maximum absolute atomic E-state index is 12.5. The molecule has 0 aliphatic carbocycles. The number of carbonyl (C=O) groups excluding carboxylic acids is 1. The van der Waals surface area contributed by atoms with Gasteiger partial charge in [0.1, 0.15) is 0 Å². The average molecular weight is 410 g/mol. The highest BCUT2D eigenvalue weighted by molar-refractivity contribution is 5.86. The molecule has 0 bridgehead atoms. The summed E-state index contributed by atoms with van der Waals surface area (Å²) >= 11 is 0. The number of methoxy groups -OCH3 is 1. The summed E-state index contributed by atoms with van der Waals surface area (Å²) in [5, 5.41) is 0. The SMILES string of the molecule is C=C(C)C(=O)OCCC.CCC(C)OC.CCC(F)(F)C(C)(F)C(F)(F)F. The second kappa shape index (κ2) is 13.8. The van der Waals surface area contributed by atoms with Gasteiger partial charge in [-0.25, -0.2) is 18.0 Å². The van der Waals surface area contributed by atoms with Gasteiger partial charge in [-0.3, -0.25) is 0 Å². The lowest BCUT2D eigenvalue weighted by Crippen LogP contribution is -2.52. The third-order valence-corrected chi connectivity index (χ3v) is 3.43. The fourth-order valence-corrected chi connectivity index (χ4v) is 1.02. The molecule has 0 radical (unpaired) electrons. The molecule has 0 spiro atoms. The first-order valence-corrected chi connectivity index (χ1v) is 8.54. The van der Waals surface area contributed by atoms with E-state index in [-0.39, 0.29) is 12.9 Å². The maximum atomic E-state index is 12.5. The highest BCUT2D eigenvalue weighted by Gasteiger charge is 2.66. The Hall–Kier alpha value is -1.25. The monoisotopic (exact) mass is 410 g/mol. The van der Waals surface area contributed by atoms with Crippen molar-refractivity contribution in [1.82, 2.24) is 0 Å². The maximum Gasteiger partial charge on any atom is 0.428 e. The Morgan fingerprint density at radius 3 is 1.67 bits per heavy atom. The lowest BCUT2D eigenvalue weighted by molar-refractivity contribution is -0.295. The van der Waals surface area contributed by atoms with Crippen LogP contribution in [0.1, 0.15) is 60.8 Å². The van der Waals surface area contributed by atoms with Crippen molar-refractivity contribution in [2.45, 2.75) is 84.7 Å². The third kappa shape index (κ3) is 12.7. The van der Waals surface area contributed by atoms with Crippen molar-refractivity contribution in [3.63, 3.8) is 0 Å². The van der Waals surface area contributed by atoms with Crippen molar-refractivity contribution < 1.29 is 40.6 Å². The van der Waals surface area contributed by atoms with E-state index in [1.807, 2.05) is 6.92 Å². The summed E-state index contributed by atoms with van der Waals surface area (Å²) < 4.78 is 81.8. The quantitative estimate of drug-likeness (QED) is 0.282. The Morgan fingerprint density at radius 1 is 1.07 bits per heavy atom. The summed E-state index contributed by atoms with van der Waals surface area (Å²) in [6, 6.07) is 0. The molecule has 0 saturated heterocycles. The first-order valence-electron chi connectivity index (χ1n) is 8.54. The molecule has 3 nitrogen and oxygen atoms in total. The summed E-state index contributed by atoms with van der Waals surface area (Å²) in [5.41, 5.74) is -3.99. The molecule has 0 saturated carbocycles. The molecule has 0 amide bonds. The summed E-state index contributed by atoms with van der Waals surface area (Å²) in [6.45, 7) is 12.3. The van der Waals surface area contributed by atoms with Gasteiger partial charge < -0.3 is 9.47 Å². The lowest BCUT2D eigenvalue weighted by atomic mass is 9.97. The van der Waals surface area contributed by atoms with Crippen molar-refractivity contribution >= 4 is 5.97 Å². The predicted octanol–water partition coefficient (Wildman–Crippen LogP) is 6.27. The van der Waals surface area contributed by atoms with Crippen LogP contribution in [0.5, 0.6) is 0 Å². The summed E-state index contributed by atoms with van der Waals surface area (Å²) in [6.07, 6.45) is -4.31. The summed E-state index contributed by atoms with van der Waals surface area (Å²) in [4.78, 5) is 10.6. The zero-order chi connectivity index (χ0) is 22.5. The number of alkyl halides is 6. The molecule has 164 valence electrons. The van der Waals surface area contributed by atoms with Crippen molar-refractivity contribution in [2.75, 3.05) is 13.7 Å². The van der Waals surface area contributed by atoms with E-state index < -0.39 is 24.2 Å². The Bertz CT molecular complexity index is 416. The van der Waals surface area contributed by atoms with Crippen molar-refractivity contribution in [2.24, 2.45) is 0 Å². The van der Waals surface area contributed by atoms with Gasteiger partial charge in [0.15, 0.2) is 0 Å². The lowest BCUT2D eigenvalue weighted by Gasteiger charge is -2.30. The van der Waals surface area contributed by atoms with Crippen LogP contribution in [0.15, 0.2) is 12.2 Å². The standard InChI is InChI=1S/C7H12O2.C6H8F6.C5H12O/c1-4-5-9-7(8)6(2)3;1-3-5(8,9)4(2,7)6(10,11)12;1-4-5(2)6-3/h2,4-5H2,1,3H3;3H2,1-2H3;5H,4H2,1-3H3. The first kappa shape index (κ1) is 30.5. The van der Waals surface area contributed by atoms with E-state index in [4.69, 9.17) is 9.47 Å². The van der Waals surface area contributed by atoms with Crippen LogP contribution >= 0.6 is 0 Å². The minimum absolute atomic E-state index is 0.156. The molecule has 9 heteroatoms. The van der Waals surface area contributed by atoms with E-state index in [1.54, 1.807) is 14.0 Å². The van der Waals surface area contributed by atoms with Gasteiger partial charge in [-0.1, -0.05) is 27.4 Å². The first-order chi connectivity index (χ1) is 12.0. The molecule has 27 heavy (non-hydrogen) atoms. The predicted molar refractivity (Wildman–Crippen MR) is 93.6 cm³/mol. The van der Waals surface area contributed by atoms with Gasteiger partial charge in [-0.15, -0.1) is 0 Å². The second-order valence-corrected chi connectivity index (χ2v) is 5.93. The number of rotatable bonds is 7. The summed E-state index contributed by atoms with van der Waals surface area (Å²) in [7, 11) is 1.73. The molecule has 2 atom stereocenters. The van der Waals surface area contributed by atoms with Gasteiger partial charge in [0, 0.05) is 19.1 Å². The fourth-order valence-electron chi connectivity index (χ4n) is 1.02. The van der Waals surface area contributed by atoms with Crippen LogP contribution in [0.25, 0.3) is 0 Å². The van der Waals surface area contributed by atoms with Crippen LogP contribution in [-0.2, 0) is 14.3 Å². The van der Waals surface area contributed by atoms with Crippen molar-refractivity contribution in [1.29, 1.82) is 0 Å². The van der Waals surface area contributed by atoms with E-state index in [0.29, 0.717) is 18.3 Å². The van der Waals surface area contributed by atoms with E-state index >= 15 is 0 Å². The van der Waals surface area contributed by atoms with Crippen LogP contribution in [0.4, 0.5) is 26.3 Å². The smallest absolute Gasteiger partial charge is 0.428 e. The number of hydrogen-bond acceptors (Lipinski definition) is 3. The highest BCUT2D eigenvalue weighted by Crippen LogP contribution is 2.46. The van der Waals surface area contributed by atoms with Crippen LogP contribution in [0.3, 0.4) is 0 Å². The number of ether oxygens (including phenoxy) is 2. The molecule has 0 aromatic carbocycles. The van der Waals surface area contributed by atoms with Crippen molar-refractivity contribution in [3.05, 3.63) is 12.2 Å². The Labute approximate surface area is 158 Å². The third-order valence-electron chi connectivity index (χ3n) is 3.43. The molecule has 0 rings (SSSR count). The molecule has 0 heterocycles. The molecule has 0 aliphatic rings. The average Bonchev–Trinajstić information content (AvgIpc) is 2.58. The van der Waals surface area contributed by atoms with Gasteiger partial charge in [-0.2, -0.15) is 13.2 Å². The Balaban J connectivity index is -0.000000340. The minimum Gasteiger partial charge on any atom is -0.462 e. The van der Waals surface area contributed by atoms with Gasteiger partial charge in [0.25, 0.3) is 11.6 Å². The molecular formula is C18H32F6O3. The van der Waals surface area contributed by atoms with Gasteiger partial charge in [0.05, 0.1) is 12.7 Å². The van der Waals surface area contributed by atoms with E-state index in [0.717, 1.165) is 19.8 Å². The Kier molecular flexibility index (Phi) is 15.6. The summed E-state index contributed by atoms with van der Waals surface area (Å²) in [5.74, 6) is -4.66. The Morgan fingerprint density at radius 2 is 1.52 bits per heavy atom. The molecule has 0 aromatic heterocycles. The van der Waals surface area contributed by atoms with Gasteiger partial charge in [-0.05, 0) is 33.6 Å². The molecule has 2 unspecified atom stereocenters. The fraction of sp³-hybridized carbons (Fsp3) is 0.833. The molecule has 0 aromatic rings. The van der Waals surface area contributed by atoms with Gasteiger partial charge in [0.2, 0.25) is 0 Å². The zero-order valence-corrected chi connectivity index (χ0v) is 17.1. The normalized spacial score (nSPS) is 14.6. The number of esters is 1. The minimum atomic E-state index is -5.54. The van der Waals surface area contributed by atoms with Crippen LogP contribution in [-0.4, -0.2) is 43.6 Å². The highest BCUT2D eigenvalue weighted by atomic mass is 19.4. The second-order valence-electron chi connectivity index (χ2n) is 5.93. The zero-order valence-electron chi connectivity index (χ0n) is 17.1. The molecule has 0 fully saturated rings. The topological polar surface area (TPSA) is 35.5 Å². The van der Waals surface area contributed by atoms with Crippen LogP contribution in [0.2, 0.25) is 0 Å². The van der Waals surface area contributed by atoms with Crippen LogP contribution < -0.4 is 0 Å². The molecule has 0 N–H and O–H groups in total. The van der Waals surface area contributed by atoms with Crippen LogP contribution in [0, 0.1) is 0 Å². The van der Waals surface area contributed by atoms with Crippen molar-refractivity contribution in [3.8, 4) is 0 Å². The van der Waals surface area contributed by atoms with Gasteiger partial charge >= 0.3 is 12.1 Å². The van der Waals surface area contributed by atoms with E-state index in [9.17, 15) is 31.1 Å². The van der Waals surface area contributed by atoms with E-state index in [2.05, 4.69) is 20.4 Å². The van der Waals surface area contributed by atoms with E-state index in [1.165, 1.54) is 0 Å². The number of hydrogen-bond donors (Lipinski definition) is 0. The largest absolute Gasteiger partial charge is 0.462 e. The number of carbonyl (C=O) groups is 1. The number of halogens is 6. The molecule has 0 aliphatic heterocycles. The molecular weight excluding hydrogens is 378 g/mol.